The lowest BCUT2D eigenvalue weighted by molar-refractivity contribution is 0.0544. The molecule has 0 aliphatic rings. The average molecular weight is 734 g/mol. The summed E-state index contributed by atoms with van der Waals surface area (Å²) in [6.07, 6.45) is 0. The average Bonchev–Trinajstić information content (AvgIpc) is 3.55. The van der Waals surface area contributed by atoms with Crippen LogP contribution in [0.1, 0.15) is 27.8 Å². The predicted molar refractivity (Wildman–Crippen MR) is 230 cm³/mol. The molecular formula is C50H43N3O3. The number of hydrogen-bond donors (Lipinski definition) is 0. The molecule has 1 aromatic heterocycles. The summed E-state index contributed by atoms with van der Waals surface area (Å²) in [5.41, 5.74) is 11.2. The summed E-state index contributed by atoms with van der Waals surface area (Å²) >= 11 is 0. The maximum Gasteiger partial charge on any atom is 0.119 e. The minimum absolute atomic E-state index is 0.460. The van der Waals surface area contributed by atoms with Crippen LogP contribution in [0.4, 0.5) is 11.4 Å². The van der Waals surface area contributed by atoms with E-state index in [1.165, 1.54) is 0 Å². The molecule has 0 spiro atoms. The number of fused-ring (bicyclic) bond motifs is 3. The zero-order valence-corrected chi connectivity index (χ0v) is 31.4. The molecule has 0 N–H and O–H groups in total. The number of aromatic nitrogens is 1. The summed E-state index contributed by atoms with van der Waals surface area (Å²) in [7, 11) is 1.67. The van der Waals surface area contributed by atoms with Gasteiger partial charge in [0.1, 0.15) is 12.4 Å². The molecule has 0 aliphatic heterocycles. The summed E-state index contributed by atoms with van der Waals surface area (Å²) in [6, 6.07) is 62.9. The van der Waals surface area contributed by atoms with Crippen molar-refractivity contribution in [2.24, 2.45) is 9.98 Å². The number of nitrogens with zero attached hydrogens (tertiary/aromatic N) is 3. The quantitative estimate of drug-likeness (QED) is 0.0779. The van der Waals surface area contributed by atoms with E-state index in [-0.39, 0.29) is 0 Å². The molecule has 276 valence electrons. The van der Waals surface area contributed by atoms with Gasteiger partial charge in [-0.2, -0.15) is 0 Å². The van der Waals surface area contributed by atoms with Gasteiger partial charge in [0.25, 0.3) is 0 Å². The lowest BCUT2D eigenvalue weighted by Crippen LogP contribution is -2.10. The molecule has 0 atom stereocenters. The van der Waals surface area contributed by atoms with Gasteiger partial charge in [-0.1, -0.05) is 146 Å². The van der Waals surface area contributed by atoms with Crippen LogP contribution in [0, 0.1) is 0 Å². The number of aliphatic imine (C=N–C) groups is 2. The number of hydrogen-bond acceptors (Lipinski definition) is 5. The van der Waals surface area contributed by atoms with E-state index in [0.29, 0.717) is 33.0 Å². The van der Waals surface area contributed by atoms with Gasteiger partial charge in [0.15, 0.2) is 0 Å². The minimum atomic E-state index is 0.460. The summed E-state index contributed by atoms with van der Waals surface area (Å²) in [5, 5.41) is 2.31. The van der Waals surface area contributed by atoms with E-state index >= 15 is 0 Å². The minimum Gasteiger partial charge on any atom is -0.491 e. The van der Waals surface area contributed by atoms with Crippen molar-refractivity contribution in [1.29, 1.82) is 0 Å². The highest BCUT2D eigenvalue weighted by molar-refractivity contribution is 6.16. The molecule has 1 heterocycles. The molecular weight excluding hydrogens is 691 g/mol. The molecule has 6 heteroatoms. The van der Waals surface area contributed by atoms with Crippen LogP contribution in [0.3, 0.4) is 0 Å². The van der Waals surface area contributed by atoms with Gasteiger partial charge >= 0.3 is 0 Å². The van der Waals surface area contributed by atoms with Gasteiger partial charge in [0, 0.05) is 46.7 Å². The van der Waals surface area contributed by atoms with E-state index in [4.69, 9.17) is 24.2 Å². The Bertz CT molecular complexity index is 2350. The first-order chi connectivity index (χ1) is 27.7. The van der Waals surface area contributed by atoms with E-state index < -0.39 is 0 Å². The van der Waals surface area contributed by atoms with Crippen molar-refractivity contribution in [2.45, 2.75) is 6.54 Å². The number of rotatable bonds is 15. The number of ether oxygens (including phenoxy) is 3. The van der Waals surface area contributed by atoms with Crippen molar-refractivity contribution in [3.63, 3.8) is 0 Å². The first kappa shape index (κ1) is 36.4. The molecule has 0 radical (unpaired) electrons. The van der Waals surface area contributed by atoms with E-state index in [9.17, 15) is 0 Å². The van der Waals surface area contributed by atoms with Crippen LogP contribution in [-0.4, -0.2) is 49.5 Å². The van der Waals surface area contributed by atoms with Gasteiger partial charge in [0.2, 0.25) is 0 Å². The van der Waals surface area contributed by atoms with Crippen molar-refractivity contribution >= 4 is 44.6 Å². The van der Waals surface area contributed by atoms with Gasteiger partial charge in [0.05, 0.1) is 53.7 Å². The maximum atomic E-state index is 6.10. The molecule has 0 unspecified atom stereocenters. The Morgan fingerprint density at radius 1 is 0.464 bits per heavy atom. The Labute approximate surface area is 328 Å². The monoisotopic (exact) mass is 733 g/mol. The second kappa shape index (κ2) is 17.7. The fourth-order valence-electron chi connectivity index (χ4n) is 6.99. The Kier molecular flexibility index (Phi) is 11.5. The highest BCUT2D eigenvalue weighted by Crippen LogP contribution is 2.36. The van der Waals surface area contributed by atoms with Crippen molar-refractivity contribution in [3.05, 3.63) is 210 Å². The standard InChI is InChI=1S/C50H43N3O3/c1-54-29-30-55-31-32-56-44-24-14-15-37(33-44)36-53-47-34-42(51-49(38-16-6-2-7-17-38)39-18-8-3-9-19-39)25-27-45(47)46-28-26-43(35-48(46)53)52-50(40-20-10-4-11-21-40)41-22-12-5-13-23-41/h2-28,33-35H,29-32,36H2,1H3. The normalized spacial score (nSPS) is 11.1. The summed E-state index contributed by atoms with van der Waals surface area (Å²) < 4.78 is 19.2. The Hall–Kier alpha value is -6.60. The fourth-order valence-corrected chi connectivity index (χ4v) is 6.99. The van der Waals surface area contributed by atoms with Gasteiger partial charge in [-0.3, -0.25) is 0 Å². The summed E-state index contributed by atoms with van der Waals surface area (Å²) in [5.74, 6) is 0.805. The van der Waals surface area contributed by atoms with Crippen LogP contribution in [0.15, 0.2) is 192 Å². The first-order valence-electron chi connectivity index (χ1n) is 19.0. The van der Waals surface area contributed by atoms with Crippen LogP contribution in [-0.2, 0) is 16.0 Å². The van der Waals surface area contributed by atoms with E-state index in [1.54, 1.807) is 7.11 Å². The van der Waals surface area contributed by atoms with Gasteiger partial charge < -0.3 is 18.8 Å². The van der Waals surface area contributed by atoms with Crippen molar-refractivity contribution < 1.29 is 14.2 Å². The van der Waals surface area contributed by atoms with Crippen LogP contribution < -0.4 is 4.74 Å². The molecule has 0 saturated carbocycles. The second-order valence-corrected chi connectivity index (χ2v) is 13.5. The van der Waals surface area contributed by atoms with Crippen molar-refractivity contribution in [2.75, 3.05) is 33.5 Å². The molecule has 8 rings (SSSR count). The van der Waals surface area contributed by atoms with Gasteiger partial charge in [-0.15, -0.1) is 0 Å². The van der Waals surface area contributed by atoms with E-state index in [2.05, 4.69) is 150 Å². The summed E-state index contributed by atoms with van der Waals surface area (Å²) in [4.78, 5) is 10.6. The molecule has 0 aliphatic carbocycles. The third-order valence-electron chi connectivity index (χ3n) is 9.67. The molecule has 56 heavy (non-hydrogen) atoms. The lowest BCUT2D eigenvalue weighted by Gasteiger charge is -2.12. The molecule has 0 amide bonds. The molecule has 0 saturated heterocycles. The fraction of sp³-hybridized carbons (Fsp3) is 0.120. The highest BCUT2D eigenvalue weighted by Gasteiger charge is 2.15. The van der Waals surface area contributed by atoms with Crippen LogP contribution >= 0.6 is 0 Å². The predicted octanol–water partition coefficient (Wildman–Crippen LogP) is 11.2. The smallest absolute Gasteiger partial charge is 0.119 e. The van der Waals surface area contributed by atoms with Crippen molar-refractivity contribution in [1.82, 2.24) is 4.57 Å². The number of benzene rings is 7. The topological polar surface area (TPSA) is 57.3 Å². The van der Waals surface area contributed by atoms with Gasteiger partial charge in [-0.25, -0.2) is 9.98 Å². The Morgan fingerprint density at radius 3 is 1.39 bits per heavy atom. The largest absolute Gasteiger partial charge is 0.491 e. The van der Waals surface area contributed by atoms with Crippen molar-refractivity contribution in [3.8, 4) is 5.75 Å². The first-order valence-corrected chi connectivity index (χ1v) is 19.0. The molecule has 6 nitrogen and oxygen atoms in total. The molecule has 0 bridgehead atoms. The van der Waals surface area contributed by atoms with Gasteiger partial charge in [-0.05, 0) is 42.0 Å². The SMILES string of the molecule is COCCOCCOc1cccc(Cn2c3cc(N=C(c4ccccc4)c4ccccc4)ccc3c3ccc(N=C(c4ccccc4)c4ccccc4)cc32)c1. The third kappa shape index (κ3) is 8.53. The van der Waals surface area contributed by atoms with Crippen LogP contribution in [0.5, 0.6) is 5.75 Å². The van der Waals surface area contributed by atoms with Crippen LogP contribution in [0.25, 0.3) is 21.8 Å². The second-order valence-electron chi connectivity index (χ2n) is 13.5. The third-order valence-corrected chi connectivity index (χ3v) is 9.67. The van der Waals surface area contributed by atoms with E-state index in [0.717, 1.165) is 78.2 Å². The zero-order chi connectivity index (χ0) is 37.9. The summed E-state index contributed by atoms with van der Waals surface area (Å²) in [6.45, 7) is 2.68. The van der Waals surface area contributed by atoms with Crippen LogP contribution in [0.2, 0.25) is 0 Å². The molecule has 8 aromatic rings. The Morgan fingerprint density at radius 2 is 0.929 bits per heavy atom. The zero-order valence-electron chi connectivity index (χ0n) is 31.4. The molecule has 7 aromatic carbocycles. The molecule has 0 fully saturated rings. The Balaban J connectivity index is 1.24. The highest BCUT2D eigenvalue weighted by atomic mass is 16.5. The number of methoxy groups -OCH3 is 1. The maximum absolute atomic E-state index is 6.10. The van der Waals surface area contributed by atoms with E-state index in [1.807, 2.05) is 36.4 Å². The lowest BCUT2D eigenvalue weighted by atomic mass is 10.0.